The molecule has 1 saturated heterocycles. The molecule has 1 aliphatic rings. The zero-order chi connectivity index (χ0) is 33.6. The Kier molecular flexibility index (Phi) is 9.80. The minimum absolute atomic E-state index is 0.237. The lowest BCUT2D eigenvalue weighted by Gasteiger charge is -2.26. The zero-order valence-electron chi connectivity index (χ0n) is 26.4. The molecular weight excluding hydrogens is 637 g/mol. The maximum absolute atomic E-state index is 12.7. The van der Waals surface area contributed by atoms with E-state index < -0.39 is 18.4 Å². The first-order chi connectivity index (χ1) is 23.2. The van der Waals surface area contributed by atoms with Gasteiger partial charge in [-0.15, -0.1) is 0 Å². The molecule has 0 saturated carbocycles. The highest BCUT2D eigenvalue weighted by atomic mass is 32.2. The van der Waals surface area contributed by atoms with Crippen molar-refractivity contribution in [2.45, 2.75) is 13.8 Å². The minimum Gasteiger partial charge on any atom is -0.480 e. The first-order valence-electron chi connectivity index (χ1n) is 15.2. The van der Waals surface area contributed by atoms with Crippen molar-refractivity contribution >= 4 is 80.9 Å². The lowest BCUT2D eigenvalue weighted by atomic mass is 10.1. The Bertz CT molecular complexity index is 1950. The zero-order valence-corrected chi connectivity index (χ0v) is 28.0. The molecule has 0 spiro atoms. The largest absolute Gasteiger partial charge is 0.480 e. The Hall–Kier alpha value is -5.51. The quantitative estimate of drug-likeness (QED) is 0.0688. The maximum atomic E-state index is 12.7. The summed E-state index contributed by atoms with van der Waals surface area (Å²) in [5, 5.41) is 15.8. The van der Waals surface area contributed by atoms with E-state index in [0.29, 0.717) is 4.91 Å². The van der Waals surface area contributed by atoms with Crippen LogP contribution in [0.5, 0.6) is 0 Å². The number of rotatable bonds is 10. The molecule has 1 amide bonds. The highest BCUT2D eigenvalue weighted by Crippen LogP contribution is 2.35. The standard InChI is InChI=1S/C39H32N4O3S2/c1-27-8-16-31(17-9-27)42(32-18-10-28(2)11-19-32)33-20-14-30(15-21-33)25-40-43(34-6-4-3-5-7-34)35-22-12-29(13-23-35)24-36-38(46)41(26-37(44)45)39(47)48-36/h3-25H,26H2,1-2H3,(H,44,45)/b36-24-,40-25+. The van der Waals surface area contributed by atoms with E-state index in [9.17, 15) is 9.59 Å². The van der Waals surface area contributed by atoms with Crippen molar-refractivity contribution in [1.82, 2.24) is 4.90 Å². The second-order valence-electron chi connectivity index (χ2n) is 11.2. The van der Waals surface area contributed by atoms with Crippen LogP contribution in [0.2, 0.25) is 0 Å². The molecule has 6 rings (SSSR count). The van der Waals surface area contributed by atoms with Crippen LogP contribution in [0.15, 0.2) is 137 Å². The molecule has 0 atom stereocenters. The van der Waals surface area contributed by atoms with Gasteiger partial charge in [0.05, 0.1) is 22.5 Å². The number of hydrogen-bond donors (Lipinski definition) is 1. The van der Waals surface area contributed by atoms with Crippen LogP contribution in [0, 0.1) is 13.8 Å². The number of nitrogens with zero attached hydrogens (tertiary/aromatic N) is 4. The number of carboxylic acids is 1. The molecule has 1 N–H and O–H groups in total. The fourth-order valence-corrected chi connectivity index (χ4v) is 6.41. The average molecular weight is 669 g/mol. The van der Waals surface area contributed by atoms with Crippen LogP contribution >= 0.6 is 24.0 Å². The second-order valence-corrected chi connectivity index (χ2v) is 12.9. The third kappa shape index (κ3) is 7.54. The second kappa shape index (κ2) is 14.5. The number of hydrogen-bond acceptors (Lipinski definition) is 7. The van der Waals surface area contributed by atoms with E-state index in [0.717, 1.165) is 56.2 Å². The van der Waals surface area contributed by atoms with E-state index in [4.69, 9.17) is 22.4 Å². The first-order valence-corrected chi connectivity index (χ1v) is 16.5. The van der Waals surface area contributed by atoms with Crippen LogP contribution < -0.4 is 9.91 Å². The summed E-state index contributed by atoms with van der Waals surface area (Å²) < 4.78 is 0.237. The summed E-state index contributed by atoms with van der Waals surface area (Å²) in [5.41, 5.74) is 9.05. The van der Waals surface area contributed by atoms with E-state index in [-0.39, 0.29) is 4.32 Å². The number of thioether (sulfide) groups is 1. The molecular formula is C39H32N4O3S2. The van der Waals surface area contributed by atoms with E-state index in [1.807, 2.05) is 65.8 Å². The molecule has 7 nitrogen and oxygen atoms in total. The summed E-state index contributed by atoms with van der Waals surface area (Å²) in [7, 11) is 0. The molecule has 5 aromatic rings. The summed E-state index contributed by atoms with van der Waals surface area (Å²) in [6, 6.07) is 42.9. The normalized spacial score (nSPS) is 13.8. The number of carbonyl (C=O) groups excluding carboxylic acids is 1. The number of benzene rings is 5. The van der Waals surface area contributed by atoms with Crippen molar-refractivity contribution in [3.05, 3.63) is 155 Å². The van der Waals surface area contributed by atoms with Crippen LogP contribution in [-0.2, 0) is 9.59 Å². The van der Waals surface area contributed by atoms with Crippen molar-refractivity contribution in [3.8, 4) is 0 Å². The van der Waals surface area contributed by atoms with E-state index in [2.05, 4.69) is 91.5 Å². The van der Waals surface area contributed by atoms with Crippen molar-refractivity contribution < 1.29 is 14.7 Å². The SMILES string of the molecule is Cc1ccc(N(c2ccc(C)cc2)c2ccc(/C=N/N(c3ccccc3)c3ccc(/C=C4\SC(=S)N(CC(=O)O)C4=O)cc3)cc2)cc1. The molecule has 1 aliphatic heterocycles. The van der Waals surface area contributed by atoms with Gasteiger partial charge >= 0.3 is 5.97 Å². The van der Waals surface area contributed by atoms with Gasteiger partial charge in [-0.3, -0.25) is 14.5 Å². The summed E-state index contributed by atoms with van der Waals surface area (Å²) in [5.74, 6) is -1.51. The number of carbonyl (C=O) groups is 2. The number of thiocarbonyl (C=S) groups is 1. The predicted octanol–water partition coefficient (Wildman–Crippen LogP) is 9.23. The van der Waals surface area contributed by atoms with Gasteiger partial charge in [-0.2, -0.15) is 5.10 Å². The Labute approximate surface area is 289 Å². The van der Waals surface area contributed by atoms with Gasteiger partial charge in [0.25, 0.3) is 5.91 Å². The monoisotopic (exact) mass is 668 g/mol. The first kappa shape index (κ1) is 32.4. The van der Waals surface area contributed by atoms with Crippen molar-refractivity contribution in [2.24, 2.45) is 5.10 Å². The van der Waals surface area contributed by atoms with Crippen molar-refractivity contribution in [2.75, 3.05) is 16.5 Å². The fourth-order valence-electron chi connectivity index (χ4n) is 5.16. The van der Waals surface area contributed by atoms with E-state index in [1.54, 1.807) is 6.08 Å². The summed E-state index contributed by atoms with van der Waals surface area (Å²) in [4.78, 5) is 27.6. The molecule has 5 aromatic carbocycles. The molecule has 0 aliphatic carbocycles. The molecule has 0 bridgehead atoms. The topological polar surface area (TPSA) is 76.4 Å². The molecule has 238 valence electrons. The van der Waals surface area contributed by atoms with Gasteiger partial charge in [0.2, 0.25) is 0 Å². The molecule has 0 unspecified atom stereocenters. The molecule has 9 heteroatoms. The van der Waals surface area contributed by atoms with Gasteiger partial charge in [0, 0.05) is 17.1 Å². The highest BCUT2D eigenvalue weighted by Gasteiger charge is 2.33. The van der Waals surface area contributed by atoms with E-state index >= 15 is 0 Å². The van der Waals surface area contributed by atoms with Gasteiger partial charge in [-0.1, -0.05) is 102 Å². The number of para-hydroxylation sites is 1. The van der Waals surface area contributed by atoms with Gasteiger partial charge in [0.15, 0.2) is 0 Å². The van der Waals surface area contributed by atoms with Gasteiger partial charge < -0.3 is 10.0 Å². The predicted molar refractivity (Wildman–Crippen MR) is 201 cm³/mol. The maximum Gasteiger partial charge on any atom is 0.323 e. The average Bonchev–Trinajstić information content (AvgIpc) is 3.35. The fraction of sp³-hybridized carbons (Fsp3) is 0.0769. The van der Waals surface area contributed by atoms with E-state index in [1.165, 1.54) is 11.1 Å². The Morgan fingerprint density at radius 2 is 1.21 bits per heavy atom. The lowest BCUT2D eigenvalue weighted by Crippen LogP contribution is -2.33. The number of hydrazone groups is 1. The molecule has 0 radical (unpaired) electrons. The summed E-state index contributed by atoms with van der Waals surface area (Å²) >= 11 is 6.32. The Morgan fingerprint density at radius 1 is 0.729 bits per heavy atom. The highest BCUT2D eigenvalue weighted by molar-refractivity contribution is 8.26. The third-order valence-corrected chi connectivity index (χ3v) is 9.04. The van der Waals surface area contributed by atoms with Crippen LogP contribution in [0.1, 0.15) is 22.3 Å². The van der Waals surface area contributed by atoms with Crippen LogP contribution in [0.25, 0.3) is 6.08 Å². The lowest BCUT2D eigenvalue weighted by molar-refractivity contribution is -0.140. The molecule has 0 aromatic heterocycles. The van der Waals surface area contributed by atoms with Crippen LogP contribution in [0.4, 0.5) is 28.4 Å². The van der Waals surface area contributed by atoms with Crippen LogP contribution in [0.3, 0.4) is 0 Å². The molecule has 1 heterocycles. The smallest absolute Gasteiger partial charge is 0.323 e. The van der Waals surface area contributed by atoms with Crippen molar-refractivity contribution in [3.63, 3.8) is 0 Å². The Balaban J connectivity index is 1.25. The number of aryl methyl sites for hydroxylation is 2. The van der Waals surface area contributed by atoms with Crippen molar-refractivity contribution in [1.29, 1.82) is 0 Å². The van der Waals surface area contributed by atoms with Gasteiger partial charge in [0.1, 0.15) is 10.9 Å². The van der Waals surface area contributed by atoms with Crippen LogP contribution in [-0.4, -0.2) is 39.0 Å². The minimum atomic E-state index is -1.11. The number of carboxylic acid groups (broad SMARTS) is 1. The number of aliphatic carboxylic acids is 1. The Morgan fingerprint density at radius 3 is 1.75 bits per heavy atom. The van der Waals surface area contributed by atoms with Gasteiger partial charge in [-0.25, -0.2) is 5.01 Å². The third-order valence-electron chi connectivity index (χ3n) is 7.66. The molecule has 48 heavy (non-hydrogen) atoms. The van der Waals surface area contributed by atoms with Gasteiger partial charge in [-0.05, 0) is 91.7 Å². The molecule has 1 fully saturated rings. The number of anilines is 5. The number of amides is 1. The summed E-state index contributed by atoms with van der Waals surface area (Å²) in [6.45, 7) is 3.72. The summed E-state index contributed by atoms with van der Waals surface area (Å²) in [6.07, 6.45) is 3.56.